The average Bonchev–Trinajstić information content (AvgIpc) is 3.38. The number of hydrogen-bond donors (Lipinski definition) is 2. The minimum atomic E-state index is -2.71. The van der Waals surface area contributed by atoms with Crippen molar-refractivity contribution in [3.05, 3.63) is 46.5 Å². The third kappa shape index (κ3) is 5.12. The number of rotatable bonds is 7. The van der Waals surface area contributed by atoms with Crippen molar-refractivity contribution in [2.24, 2.45) is 5.73 Å². The van der Waals surface area contributed by atoms with E-state index in [0.717, 1.165) is 0 Å². The number of benzene rings is 1. The van der Waals surface area contributed by atoms with Crippen molar-refractivity contribution in [3.8, 4) is 16.9 Å². The van der Waals surface area contributed by atoms with Crippen molar-refractivity contribution in [1.29, 1.82) is 0 Å². The van der Waals surface area contributed by atoms with Crippen LogP contribution in [0.15, 0.2) is 30.6 Å². The quantitative estimate of drug-likeness (QED) is 0.631. The van der Waals surface area contributed by atoms with E-state index in [9.17, 15) is 18.0 Å². The van der Waals surface area contributed by atoms with Gasteiger partial charge in [-0.2, -0.15) is 4.57 Å². The van der Waals surface area contributed by atoms with E-state index in [1.807, 2.05) is 0 Å². The lowest BCUT2D eigenvalue weighted by Crippen LogP contribution is -2.53. The van der Waals surface area contributed by atoms with Crippen LogP contribution in [0.25, 0.3) is 11.1 Å². The largest absolute Gasteiger partial charge is 0.485 e. The summed E-state index contributed by atoms with van der Waals surface area (Å²) < 4.78 is 46.1. The number of halogens is 5. The number of nitrogens with two attached hydrogens (primary N) is 1. The zero-order valence-electron chi connectivity index (χ0n) is 15.4. The summed E-state index contributed by atoms with van der Waals surface area (Å²) in [5.74, 6) is -0.979. The lowest BCUT2D eigenvalue weighted by Gasteiger charge is -2.16. The second-order valence-corrected chi connectivity index (χ2v) is 7.81. The fourth-order valence-electron chi connectivity index (χ4n) is 2.77. The van der Waals surface area contributed by atoms with Crippen molar-refractivity contribution in [2.45, 2.75) is 37.9 Å². The number of alkyl halides is 2. The lowest BCUT2D eigenvalue weighted by atomic mass is 10.1. The molecule has 0 unspecified atom stereocenters. The number of carbonyl (C=O) groups excluding carboxylic acids is 1. The summed E-state index contributed by atoms with van der Waals surface area (Å²) in [7, 11) is 0. The van der Waals surface area contributed by atoms with E-state index in [0.29, 0.717) is 12.8 Å². The molecule has 10 heteroatoms. The Morgan fingerprint density at radius 3 is 2.62 bits per heavy atom. The Bertz CT molecular complexity index is 939. The molecule has 29 heavy (non-hydrogen) atoms. The fourth-order valence-corrected chi connectivity index (χ4v) is 3.32. The normalized spacial score (nSPS) is 15.9. The number of hydrogen-bond acceptors (Lipinski definition) is 3. The fraction of sp³-hybridized carbons (Fsp3) is 0.368. The van der Waals surface area contributed by atoms with Crippen LogP contribution in [0.1, 0.15) is 25.9 Å². The van der Waals surface area contributed by atoms with Gasteiger partial charge in [-0.05, 0) is 31.0 Å². The number of aromatic nitrogens is 1. The first kappa shape index (κ1) is 21.7. The molecule has 1 atom stereocenters. The lowest BCUT2D eigenvalue weighted by molar-refractivity contribution is -0.724. The predicted molar refractivity (Wildman–Crippen MR) is 103 cm³/mol. The Balaban J connectivity index is 1.96. The zero-order chi connectivity index (χ0) is 21.3. The van der Waals surface area contributed by atoms with Crippen LogP contribution in [-0.2, 0) is 4.79 Å². The van der Waals surface area contributed by atoms with Crippen LogP contribution in [0, 0.1) is 5.82 Å². The Morgan fingerprint density at radius 1 is 1.31 bits per heavy atom. The van der Waals surface area contributed by atoms with E-state index in [1.165, 1.54) is 35.2 Å². The molecule has 0 bridgehead atoms. The van der Waals surface area contributed by atoms with E-state index < -0.39 is 30.6 Å². The Kier molecular flexibility index (Phi) is 6.26. The SMILES string of the molecule is C[C@H](NC(=O)C1(N)CC1)[n+]1cc(F)cc(-c2cc(Cl)cc(Cl)c2OCC(F)F)c1. The molecule has 0 aliphatic heterocycles. The summed E-state index contributed by atoms with van der Waals surface area (Å²) in [5, 5.41) is 2.98. The van der Waals surface area contributed by atoms with Crippen molar-refractivity contribution < 1.29 is 27.3 Å². The van der Waals surface area contributed by atoms with Gasteiger partial charge in [0.05, 0.1) is 16.1 Å². The van der Waals surface area contributed by atoms with Crippen LogP contribution in [0.5, 0.6) is 5.75 Å². The first-order valence-corrected chi connectivity index (χ1v) is 9.56. The molecule has 1 heterocycles. The number of ether oxygens (including phenoxy) is 1. The number of amides is 1. The Morgan fingerprint density at radius 2 is 2.00 bits per heavy atom. The van der Waals surface area contributed by atoms with Gasteiger partial charge in [-0.3, -0.25) is 10.1 Å². The maximum absolute atomic E-state index is 14.3. The first-order chi connectivity index (χ1) is 13.6. The van der Waals surface area contributed by atoms with Gasteiger partial charge in [-0.25, -0.2) is 13.2 Å². The van der Waals surface area contributed by atoms with Crippen molar-refractivity contribution in [3.63, 3.8) is 0 Å². The highest BCUT2D eigenvalue weighted by Gasteiger charge is 2.46. The van der Waals surface area contributed by atoms with Gasteiger partial charge in [0.25, 0.3) is 6.43 Å². The number of carbonyl (C=O) groups is 1. The molecule has 1 aliphatic rings. The maximum atomic E-state index is 14.3. The number of nitrogens with one attached hydrogen (secondary N) is 1. The van der Waals surface area contributed by atoms with Gasteiger partial charge in [0.15, 0.2) is 12.0 Å². The standard InChI is InChI=1S/C19H18Cl2F3N3O2/c1-10(26-18(28)19(25)2-3-19)27-7-11(4-13(22)8-27)14-5-12(20)6-15(21)17(14)29-9-16(23)24/h4-8,10,16H,2-3,9,25H2,1H3/p+1/t10-/m1/s1. The summed E-state index contributed by atoms with van der Waals surface area (Å²) in [4.78, 5) is 12.2. The second kappa shape index (κ2) is 8.38. The van der Waals surface area contributed by atoms with Gasteiger partial charge in [0.2, 0.25) is 18.3 Å². The third-order valence-electron chi connectivity index (χ3n) is 4.56. The number of pyridine rings is 1. The summed E-state index contributed by atoms with van der Waals surface area (Å²) in [5.41, 5.74) is 5.53. The van der Waals surface area contributed by atoms with Crippen molar-refractivity contribution >= 4 is 29.1 Å². The van der Waals surface area contributed by atoms with Gasteiger partial charge < -0.3 is 10.5 Å². The molecule has 1 amide bonds. The van der Waals surface area contributed by atoms with Gasteiger partial charge >= 0.3 is 0 Å². The van der Waals surface area contributed by atoms with E-state index in [4.69, 9.17) is 33.7 Å². The molecular weight excluding hydrogens is 430 g/mol. The van der Waals surface area contributed by atoms with Crippen molar-refractivity contribution in [2.75, 3.05) is 6.61 Å². The molecule has 0 radical (unpaired) electrons. The summed E-state index contributed by atoms with van der Waals surface area (Å²) in [6, 6.07) is 3.98. The molecule has 156 valence electrons. The molecule has 3 N–H and O–H groups in total. The molecule has 1 fully saturated rings. The molecule has 0 spiro atoms. The predicted octanol–water partition coefficient (Wildman–Crippen LogP) is 3.86. The van der Waals surface area contributed by atoms with Crippen molar-refractivity contribution in [1.82, 2.24) is 5.32 Å². The average molecular weight is 449 g/mol. The zero-order valence-corrected chi connectivity index (χ0v) is 16.9. The summed E-state index contributed by atoms with van der Waals surface area (Å²) >= 11 is 12.2. The Hall–Kier alpha value is -2.03. The molecule has 1 aromatic heterocycles. The Labute approximate surface area is 175 Å². The molecule has 3 rings (SSSR count). The van der Waals surface area contributed by atoms with Gasteiger partial charge in [0, 0.05) is 17.5 Å². The van der Waals surface area contributed by atoms with E-state index in [2.05, 4.69) is 5.32 Å². The minimum Gasteiger partial charge on any atom is -0.485 e. The molecule has 1 aromatic carbocycles. The minimum absolute atomic E-state index is 0.0177. The topological polar surface area (TPSA) is 68.2 Å². The summed E-state index contributed by atoms with van der Waals surface area (Å²) in [6.07, 6.45) is 0.580. The number of nitrogens with zero attached hydrogens (tertiary/aromatic N) is 1. The molecule has 5 nitrogen and oxygen atoms in total. The highest BCUT2D eigenvalue weighted by atomic mass is 35.5. The van der Waals surface area contributed by atoms with Gasteiger partial charge in [-0.1, -0.05) is 23.2 Å². The van der Waals surface area contributed by atoms with Crippen LogP contribution < -0.4 is 20.4 Å². The third-order valence-corrected chi connectivity index (χ3v) is 5.05. The van der Waals surface area contributed by atoms with Crippen LogP contribution in [0.2, 0.25) is 10.0 Å². The molecule has 1 saturated carbocycles. The monoisotopic (exact) mass is 448 g/mol. The molecule has 0 saturated heterocycles. The molecule has 2 aromatic rings. The van der Waals surface area contributed by atoms with Gasteiger partial charge in [0.1, 0.15) is 12.4 Å². The second-order valence-electron chi connectivity index (χ2n) is 6.96. The van der Waals surface area contributed by atoms with Crippen LogP contribution >= 0.6 is 23.2 Å². The van der Waals surface area contributed by atoms with Crippen LogP contribution in [0.3, 0.4) is 0 Å². The summed E-state index contributed by atoms with van der Waals surface area (Å²) in [6.45, 7) is 0.779. The molecular formula is C19H19Cl2F3N3O2+. The van der Waals surface area contributed by atoms with Gasteiger partial charge in [-0.15, -0.1) is 0 Å². The van der Waals surface area contributed by atoms with Crippen LogP contribution in [0.4, 0.5) is 13.2 Å². The maximum Gasteiger partial charge on any atom is 0.272 e. The van der Waals surface area contributed by atoms with E-state index in [1.54, 1.807) is 6.92 Å². The smallest absolute Gasteiger partial charge is 0.272 e. The highest BCUT2D eigenvalue weighted by molar-refractivity contribution is 6.36. The highest BCUT2D eigenvalue weighted by Crippen LogP contribution is 2.39. The van der Waals surface area contributed by atoms with E-state index in [-0.39, 0.29) is 32.8 Å². The van der Waals surface area contributed by atoms with Crippen LogP contribution in [-0.4, -0.2) is 24.5 Å². The first-order valence-electron chi connectivity index (χ1n) is 8.80. The van der Waals surface area contributed by atoms with E-state index >= 15 is 0 Å². The molecule has 1 aliphatic carbocycles.